The lowest BCUT2D eigenvalue weighted by Gasteiger charge is -2.02. The molecule has 2 N–H and O–H groups in total. The van der Waals surface area contributed by atoms with Crippen LogP contribution in [0.5, 0.6) is 0 Å². The SMILES string of the molecule is CCCCCSc1ccc(N)c(F)c1. The molecule has 1 rings (SSSR count). The fraction of sp³-hybridized carbons (Fsp3) is 0.455. The highest BCUT2D eigenvalue weighted by Crippen LogP contribution is 2.22. The molecule has 0 aliphatic carbocycles. The van der Waals surface area contributed by atoms with Crippen molar-refractivity contribution >= 4 is 17.4 Å². The third-order valence-corrected chi connectivity index (χ3v) is 3.07. The molecule has 0 saturated carbocycles. The summed E-state index contributed by atoms with van der Waals surface area (Å²) in [7, 11) is 0. The third kappa shape index (κ3) is 3.58. The van der Waals surface area contributed by atoms with Gasteiger partial charge in [0.15, 0.2) is 0 Å². The van der Waals surface area contributed by atoms with Crippen molar-refractivity contribution in [3.8, 4) is 0 Å². The highest BCUT2D eigenvalue weighted by atomic mass is 32.2. The molecule has 0 spiro atoms. The maximum Gasteiger partial charge on any atom is 0.147 e. The van der Waals surface area contributed by atoms with Gasteiger partial charge in [0.25, 0.3) is 0 Å². The van der Waals surface area contributed by atoms with Crippen LogP contribution in [0.2, 0.25) is 0 Å². The fourth-order valence-electron chi connectivity index (χ4n) is 1.14. The van der Waals surface area contributed by atoms with Crippen LogP contribution in [0.3, 0.4) is 0 Å². The molecule has 0 bridgehead atoms. The summed E-state index contributed by atoms with van der Waals surface area (Å²) >= 11 is 1.69. The number of nitrogens with two attached hydrogens (primary N) is 1. The Labute approximate surface area is 88.9 Å². The van der Waals surface area contributed by atoms with E-state index in [4.69, 9.17) is 5.73 Å². The lowest BCUT2D eigenvalue weighted by Crippen LogP contribution is -1.90. The maximum absolute atomic E-state index is 13.0. The zero-order chi connectivity index (χ0) is 10.4. The lowest BCUT2D eigenvalue weighted by molar-refractivity contribution is 0.629. The quantitative estimate of drug-likeness (QED) is 0.458. The Morgan fingerprint density at radius 3 is 2.79 bits per heavy atom. The van der Waals surface area contributed by atoms with Gasteiger partial charge in [0, 0.05) is 4.90 Å². The van der Waals surface area contributed by atoms with Gasteiger partial charge in [-0.2, -0.15) is 0 Å². The zero-order valence-corrected chi connectivity index (χ0v) is 9.24. The summed E-state index contributed by atoms with van der Waals surface area (Å²) in [5.41, 5.74) is 5.61. The molecule has 0 unspecified atom stereocenters. The van der Waals surface area contributed by atoms with Gasteiger partial charge < -0.3 is 5.73 Å². The van der Waals surface area contributed by atoms with E-state index in [0.717, 1.165) is 10.6 Å². The number of hydrogen-bond acceptors (Lipinski definition) is 2. The minimum absolute atomic E-state index is 0.225. The summed E-state index contributed by atoms with van der Waals surface area (Å²) in [4.78, 5) is 0.966. The number of hydrogen-bond donors (Lipinski definition) is 1. The second-order valence-electron chi connectivity index (χ2n) is 3.24. The zero-order valence-electron chi connectivity index (χ0n) is 8.42. The van der Waals surface area contributed by atoms with Gasteiger partial charge in [0.2, 0.25) is 0 Å². The van der Waals surface area contributed by atoms with Crippen LogP contribution in [0, 0.1) is 5.82 Å². The molecule has 1 aromatic rings. The third-order valence-electron chi connectivity index (χ3n) is 1.99. The first-order chi connectivity index (χ1) is 6.74. The first-order valence-electron chi connectivity index (χ1n) is 4.92. The molecular weight excluding hydrogens is 197 g/mol. The Balaban J connectivity index is 2.39. The number of unbranched alkanes of at least 4 members (excludes halogenated alkanes) is 2. The average molecular weight is 213 g/mol. The Morgan fingerprint density at radius 2 is 2.14 bits per heavy atom. The second kappa shape index (κ2) is 5.91. The number of thioether (sulfide) groups is 1. The first-order valence-corrected chi connectivity index (χ1v) is 5.90. The van der Waals surface area contributed by atoms with Crippen LogP contribution in [-0.4, -0.2) is 5.75 Å². The van der Waals surface area contributed by atoms with Gasteiger partial charge in [-0.25, -0.2) is 4.39 Å². The van der Waals surface area contributed by atoms with E-state index < -0.39 is 0 Å². The predicted molar refractivity (Wildman–Crippen MR) is 61.1 cm³/mol. The van der Waals surface area contributed by atoms with Gasteiger partial charge >= 0.3 is 0 Å². The molecule has 78 valence electrons. The summed E-state index contributed by atoms with van der Waals surface area (Å²) in [5, 5.41) is 0. The Morgan fingerprint density at radius 1 is 1.36 bits per heavy atom. The molecule has 3 heteroatoms. The monoisotopic (exact) mass is 213 g/mol. The van der Waals surface area contributed by atoms with E-state index in [0.29, 0.717) is 0 Å². The number of anilines is 1. The number of nitrogen functional groups attached to an aromatic ring is 1. The number of benzene rings is 1. The van der Waals surface area contributed by atoms with Crippen LogP contribution >= 0.6 is 11.8 Å². The summed E-state index contributed by atoms with van der Waals surface area (Å²) in [6.07, 6.45) is 3.65. The smallest absolute Gasteiger partial charge is 0.147 e. The van der Waals surface area contributed by atoms with Crippen molar-refractivity contribution in [2.75, 3.05) is 11.5 Å². The van der Waals surface area contributed by atoms with E-state index in [1.54, 1.807) is 17.8 Å². The van der Waals surface area contributed by atoms with Crippen LogP contribution in [0.25, 0.3) is 0 Å². The summed E-state index contributed by atoms with van der Waals surface area (Å²) < 4.78 is 13.0. The van der Waals surface area contributed by atoms with Gasteiger partial charge in [-0.1, -0.05) is 19.8 Å². The maximum atomic E-state index is 13.0. The van der Waals surface area contributed by atoms with Crippen molar-refractivity contribution in [2.24, 2.45) is 0 Å². The molecule has 0 radical (unpaired) electrons. The summed E-state index contributed by atoms with van der Waals surface area (Å²) in [6.45, 7) is 2.17. The average Bonchev–Trinajstić information content (AvgIpc) is 2.18. The van der Waals surface area contributed by atoms with Crippen molar-refractivity contribution in [3.05, 3.63) is 24.0 Å². The molecular formula is C11H16FNS. The van der Waals surface area contributed by atoms with Crippen molar-refractivity contribution in [2.45, 2.75) is 31.1 Å². The summed E-state index contributed by atoms with van der Waals surface area (Å²) in [6, 6.07) is 5.00. The molecule has 0 aliphatic heterocycles. The normalized spacial score (nSPS) is 10.4. The van der Waals surface area contributed by atoms with Crippen LogP contribution < -0.4 is 5.73 Å². The predicted octanol–water partition coefficient (Wildman–Crippen LogP) is 3.69. The van der Waals surface area contributed by atoms with E-state index in [2.05, 4.69) is 6.92 Å². The Kier molecular flexibility index (Phi) is 4.80. The van der Waals surface area contributed by atoms with Gasteiger partial charge in [0.1, 0.15) is 5.82 Å². The molecule has 0 atom stereocenters. The Bertz CT molecular complexity index is 289. The van der Waals surface area contributed by atoms with E-state index in [9.17, 15) is 4.39 Å². The highest BCUT2D eigenvalue weighted by Gasteiger charge is 1.99. The van der Waals surface area contributed by atoms with Crippen molar-refractivity contribution < 1.29 is 4.39 Å². The van der Waals surface area contributed by atoms with Crippen LogP contribution in [0.1, 0.15) is 26.2 Å². The highest BCUT2D eigenvalue weighted by molar-refractivity contribution is 7.99. The largest absolute Gasteiger partial charge is 0.396 e. The van der Waals surface area contributed by atoms with Crippen molar-refractivity contribution in [1.29, 1.82) is 0 Å². The molecule has 0 fully saturated rings. The molecule has 0 aliphatic rings. The molecule has 1 nitrogen and oxygen atoms in total. The first kappa shape index (κ1) is 11.4. The molecule has 0 amide bonds. The van der Waals surface area contributed by atoms with Crippen LogP contribution in [0.15, 0.2) is 23.1 Å². The molecule has 0 aromatic heterocycles. The minimum atomic E-state index is -0.314. The number of halogens is 1. The fourth-order valence-corrected chi connectivity index (χ4v) is 2.07. The van der Waals surface area contributed by atoms with Crippen LogP contribution in [0.4, 0.5) is 10.1 Å². The van der Waals surface area contributed by atoms with E-state index >= 15 is 0 Å². The van der Waals surface area contributed by atoms with Crippen LogP contribution in [-0.2, 0) is 0 Å². The minimum Gasteiger partial charge on any atom is -0.396 e. The molecule has 1 aromatic carbocycles. The van der Waals surface area contributed by atoms with E-state index in [-0.39, 0.29) is 11.5 Å². The lowest BCUT2D eigenvalue weighted by atomic mass is 10.3. The second-order valence-corrected chi connectivity index (χ2v) is 4.41. The van der Waals surface area contributed by atoms with Gasteiger partial charge in [0.05, 0.1) is 5.69 Å². The Hall–Kier alpha value is -0.700. The summed E-state index contributed by atoms with van der Waals surface area (Å²) in [5.74, 6) is 0.738. The van der Waals surface area contributed by atoms with Crippen molar-refractivity contribution in [3.63, 3.8) is 0 Å². The number of rotatable bonds is 5. The molecule has 0 heterocycles. The van der Waals surface area contributed by atoms with E-state index in [1.807, 2.05) is 6.07 Å². The molecule has 0 saturated heterocycles. The standard InChI is InChI=1S/C11H16FNS/c1-2-3-4-7-14-9-5-6-11(13)10(12)8-9/h5-6,8H,2-4,7,13H2,1H3. The van der Waals surface area contributed by atoms with Gasteiger partial charge in [-0.05, 0) is 30.4 Å². The van der Waals surface area contributed by atoms with Crippen molar-refractivity contribution in [1.82, 2.24) is 0 Å². The van der Waals surface area contributed by atoms with E-state index in [1.165, 1.54) is 25.3 Å². The van der Waals surface area contributed by atoms with Gasteiger partial charge in [-0.15, -0.1) is 11.8 Å². The van der Waals surface area contributed by atoms with Gasteiger partial charge in [-0.3, -0.25) is 0 Å². The topological polar surface area (TPSA) is 26.0 Å². The molecule has 14 heavy (non-hydrogen) atoms.